The second kappa shape index (κ2) is 8.42. The first-order chi connectivity index (χ1) is 12.5. The fraction of sp³-hybridized carbons (Fsp3) is 0.158. The lowest BCUT2D eigenvalue weighted by Crippen LogP contribution is -2.51. The van der Waals surface area contributed by atoms with Gasteiger partial charge in [-0.15, -0.1) is 11.8 Å². The maximum Gasteiger partial charge on any atom is 0.271 e. The highest BCUT2D eigenvalue weighted by Crippen LogP contribution is 2.20. The fourth-order valence-corrected chi connectivity index (χ4v) is 3.70. The van der Waals surface area contributed by atoms with Crippen LogP contribution in [-0.4, -0.2) is 17.3 Å². The van der Waals surface area contributed by atoms with Crippen LogP contribution in [0.1, 0.15) is 22.8 Å². The molecule has 0 aliphatic carbocycles. The number of benzene rings is 2. The Labute approximate surface area is 164 Å². The van der Waals surface area contributed by atoms with E-state index in [0.717, 1.165) is 10.2 Å². The van der Waals surface area contributed by atoms with E-state index >= 15 is 0 Å². The van der Waals surface area contributed by atoms with Gasteiger partial charge in [0.25, 0.3) is 11.8 Å². The van der Waals surface area contributed by atoms with Gasteiger partial charge in [-0.2, -0.15) is 0 Å². The van der Waals surface area contributed by atoms with Crippen LogP contribution >= 0.6 is 27.7 Å². The van der Waals surface area contributed by atoms with Crippen LogP contribution < -0.4 is 16.0 Å². The lowest BCUT2D eigenvalue weighted by molar-refractivity contribution is -0.118. The topological polar surface area (TPSA) is 70.2 Å². The van der Waals surface area contributed by atoms with Crippen molar-refractivity contribution in [3.8, 4) is 0 Å². The molecular formula is C19H18BrN3O2S. The quantitative estimate of drug-likeness (QED) is 0.678. The summed E-state index contributed by atoms with van der Waals surface area (Å²) in [6, 6.07) is 16.9. The number of halogens is 1. The van der Waals surface area contributed by atoms with Crippen LogP contribution in [0.15, 0.2) is 70.5 Å². The van der Waals surface area contributed by atoms with E-state index in [1.165, 1.54) is 5.56 Å². The standard InChI is InChI=1S/C19H18BrN3O2S/c1-12-16(22-17(24)14-5-3-2-4-6-14)18(25)23-19(21-12)26-11-13-7-9-15(20)10-8-13/h2-10,19,21H,11H2,1H3,(H,22,24)(H,23,25). The largest absolute Gasteiger partial charge is 0.359 e. The minimum atomic E-state index is -0.308. The van der Waals surface area contributed by atoms with Crippen LogP contribution in [0, 0.1) is 0 Å². The average Bonchev–Trinajstić information content (AvgIpc) is 2.65. The van der Waals surface area contributed by atoms with Gasteiger partial charge >= 0.3 is 0 Å². The van der Waals surface area contributed by atoms with Crippen molar-refractivity contribution in [2.75, 3.05) is 0 Å². The van der Waals surface area contributed by atoms with E-state index in [0.29, 0.717) is 11.3 Å². The van der Waals surface area contributed by atoms with Gasteiger partial charge < -0.3 is 16.0 Å². The molecule has 5 nitrogen and oxygen atoms in total. The summed E-state index contributed by atoms with van der Waals surface area (Å²) in [5.41, 5.74) is 2.32. The molecule has 7 heteroatoms. The first-order valence-corrected chi connectivity index (χ1v) is 9.88. The molecule has 0 aromatic heterocycles. The average molecular weight is 432 g/mol. The van der Waals surface area contributed by atoms with Crippen molar-refractivity contribution < 1.29 is 9.59 Å². The molecule has 0 radical (unpaired) electrons. The number of hydrogen-bond donors (Lipinski definition) is 3. The number of rotatable bonds is 5. The number of nitrogens with one attached hydrogen (secondary N) is 3. The molecule has 2 aromatic rings. The zero-order valence-corrected chi connectivity index (χ0v) is 16.5. The molecule has 2 amide bonds. The van der Waals surface area contributed by atoms with Crippen LogP contribution in [-0.2, 0) is 10.5 Å². The maximum absolute atomic E-state index is 12.4. The minimum absolute atomic E-state index is 0.247. The number of carbonyl (C=O) groups excluding carboxylic acids is 2. The number of allylic oxidation sites excluding steroid dienone is 1. The summed E-state index contributed by atoms with van der Waals surface area (Å²) in [6.45, 7) is 1.78. The Morgan fingerprint density at radius 3 is 2.46 bits per heavy atom. The second-order valence-electron chi connectivity index (χ2n) is 5.76. The molecule has 26 heavy (non-hydrogen) atoms. The van der Waals surface area contributed by atoms with E-state index in [-0.39, 0.29) is 23.0 Å². The van der Waals surface area contributed by atoms with Gasteiger partial charge in [0.2, 0.25) is 0 Å². The summed E-state index contributed by atoms with van der Waals surface area (Å²) in [4.78, 5) is 24.7. The van der Waals surface area contributed by atoms with Crippen LogP contribution in [0.5, 0.6) is 0 Å². The molecule has 2 aromatic carbocycles. The van der Waals surface area contributed by atoms with E-state index in [1.54, 1.807) is 43.0 Å². The molecule has 1 atom stereocenters. The van der Waals surface area contributed by atoms with Gasteiger partial charge in [0.1, 0.15) is 11.2 Å². The Bertz CT molecular complexity index is 838. The zero-order valence-electron chi connectivity index (χ0n) is 14.1. The maximum atomic E-state index is 12.4. The highest BCUT2D eigenvalue weighted by atomic mass is 79.9. The molecule has 1 unspecified atom stereocenters. The number of carbonyl (C=O) groups is 2. The van der Waals surface area contributed by atoms with Gasteiger partial charge in [-0.3, -0.25) is 9.59 Å². The van der Waals surface area contributed by atoms with Crippen LogP contribution in [0.2, 0.25) is 0 Å². The molecule has 134 valence electrons. The Balaban J connectivity index is 1.61. The highest BCUT2D eigenvalue weighted by molar-refractivity contribution is 9.10. The predicted octanol–water partition coefficient (Wildman–Crippen LogP) is 3.35. The Morgan fingerprint density at radius 1 is 1.12 bits per heavy atom. The Morgan fingerprint density at radius 2 is 1.81 bits per heavy atom. The number of hydrogen-bond acceptors (Lipinski definition) is 4. The van der Waals surface area contributed by atoms with E-state index in [4.69, 9.17) is 0 Å². The van der Waals surface area contributed by atoms with Gasteiger partial charge in [-0.05, 0) is 36.8 Å². The summed E-state index contributed by atoms with van der Waals surface area (Å²) in [6.07, 6.45) is 0. The molecule has 0 saturated heterocycles. The van der Waals surface area contributed by atoms with E-state index in [9.17, 15) is 9.59 Å². The molecule has 0 saturated carbocycles. The molecule has 3 N–H and O–H groups in total. The smallest absolute Gasteiger partial charge is 0.271 e. The number of thioether (sulfide) groups is 1. The molecule has 0 spiro atoms. The summed E-state index contributed by atoms with van der Waals surface area (Å²) in [5.74, 6) is 0.154. The second-order valence-corrected chi connectivity index (χ2v) is 7.76. The van der Waals surface area contributed by atoms with Crippen molar-refractivity contribution in [3.05, 3.63) is 81.6 Å². The fourth-order valence-electron chi connectivity index (χ4n) is 2.44. The van der Waals surface area contributed by atoms with Gasteiger partial charge in [0.05, 0.1) is 0 Å². The monoisotopic (exact) mass is 431 g/mol. The van der Waals surface area contributed by atoms with E-state index < -0.39 is 0 Å². The zero-order chi connectivity index (χ0) is 18.5. The third-order valence-corrected chi connectivity index (χ3v) is 5.41. The third kappa shape index (κ3) is 4.68. The third-order valence-electron chi connectivity index (χ3n) is 3.82. The van der Waals surface area contributed by atoms with Gasteiger partial charge in [0, 0.05) is 21.5 Å². The molecule has 3 rings (SSSR count). The van der Waals surface area contributed by atoms with Crippen molar-refractivity contribution in [3.63, 3.8) is 0 Å². The molecular weight excluding hydrogens is 414 g/mol. The summed E-state index contributed by atoms with van der Waals surface area (Å²) < 4.78 is 1.04. The Hall–Kier alpha value is -2.25. The molecule has 1 heterocycles. The normalized spacial score (nSPS) is 16.7. The van der Waals surface area contributed by atoms with Crippen LogP contribution in [0.3, 0.4) is 0 Å². The molecule has 1 aliphatic rings. The van der Waals surface area contributed by atoms with Crippen molar-refractivity contribution in [2.24, 2.45) is 0 Å². The number of amides is 2. The van der Waals surface area contributed by atoms with Crippen molar-refractivity contribution >= 4 is 39.5 Å². The first-order valence-electron chi connectivity index (χ1n) is 8.03. The van der Waals surface area contributed by atoms with Crippen LogP contribution in [0.25, 0.3) is 0 Å². The van der Waals surface area contributed by atoms with Gasteiger partial charge in [0.15, 0.2) is 0 Å². The lowest BCUT2D eigenvalue weighted by atomic mass is 10.2. The van der Waals surface area contributed by atoms with E-state index in [1.807, 2.05) is 30.3 Å². The van der Waals surface area contributed by atoms with Crippen molar-refractivity contribution in [1.82, 2.24) is 16.0 Å². The van der Waals surface area contributed by atoms with Gasteiger partial charge in [-0.25, -0.2) is 0 Å². The van der Waals surface area contributed by atoms with Gasteiger partial charge in [-0.1, -0.05) is 46.3 Å². The van der Waals surface area contributed by atoms with E-state index in [2.05, 4.69) is 31.9 Å². The van der Waals surface area contributed by atoms with Crippen LogP contribution in [0.4, 0.5) is 0 Å². The summed E-state index contributed by atoms with van der Waals surface area (Å²) in [5, 5.41) is 8.78. The molecule has 1 aliphatic heterocycles. The lowest BCUT2D eigenvalue weighted by Gasteiger charge is -2.28. The molecule has 0 bridgehead atoms. The SMILES string of the molecule is CC1=C(NC(=O)c2ccccc2)C(=O)NC(SCc2ccc(Br)cc2)N1. The van der Waals surface area contributed by atoms with Crippen molar-refractivity contribution in [2.45, 2.75) is 18.2 Å². The highest BCUT2D eigenvalue weighted by Gasteiger charge is 2.26. The Kier molecular flexibility index (Phi) is 6.00. The molecule has 0 fully saturated rings. The first kappa shape index (κ1) is 18.5. The summed E-state index contributed by atoms with van der Waals surface area (Å²) in [7, 11) is 0. The predicted molar refractivity (Wildman–Crippen MR) is 107 cm³/mol. The minimum Gasteiger partial charge on any atom is -0.359 e. The summed E-state index contributed by atoms with van der Waals surface area (Å²) >= 11 is 4.99. The van der Waals surface area contributed by atoms with Crippen molar-refractivity contribution in [1.29, 1.82) is 0 Å².